The van der Waals surface area contributed by atoms with Crippen molar-refractivity contribution in [1.82, 2.24) is 14.0 Å². The van der Waals surface area contributed by atoms with Crippen molar-refractivity contribution in [2.75, 3.05) is 12.3 Å². The quantitative estimate of drug-likeness (QED) is 0.433. The fourth-order valence-corrected chi connectivity index (χ4v) is 2.97. The average Bonchev–Trinajstić information content (AvgIpc) is 2.90. The van der Waals surface area contributed by atoms with Crippen molar-refractivity contribution in [3.63, 3.8) is 0 Å². The summed E-state index contributed by atoms with van der Waals surface area (Å²) in [5, 5.41) is 7.88. The first-order valence-electron chi connectivity index (χ1n) is 8.61. The van der Waals surface area contributed by atoms with E-state index in [1.807, 2.05) is 13.8 Å². The second kappa shape index (κ2) is 8.12. The molecule has 154 valence electrons. The summed E-state index contributed by atoms with van der Waals surface area (Å²) in [6.45, 7) is 4.10. The fourth-order valence-electron chi connectivity index (χ4n) is 2.97. The van der Waals surface area contributed by atoms with Crippen LogP contribution in [-0.4, -0.2) is 32.4 Å². The van der Waals surface area contributed by atoms with Gasteiger partial charge in [-0.2, -0.15) is 0 Å². The Morgan fingerprint density at radius 1 is 1.00 bits per heavy atom. The first kappa shape index (κ1) is 22.2. The maximum atomic E-state index is 12.7. The molecule has 2 N–H and O–H groups in total. The Morgan fingerprint density at radius 3 is 2.28 bits per heavy atom. The number of nitrogen functional groups attached to an aromatic ring is 1. The van der Waals surface area contributed by atoms with E-state index in [9.17, 15) is 19.2 Å². The molecule has 2 amide bonds. The second-order valence-corrected chi connectivity index (χ2v) is 6.95. The molecule has 3 rings (SSSR count). The molecule has 2 heterocycles. The van der Waals surface area contributed by atoms with E-state index in [-0.39, 0.29) is 63.2 Å². The molecular formula is C18H20N6NiO4+2. The maximum Gasteiger partial charge on any atom is 2.00 e. The van der Waals surface area contributed by atoms with Gasteiger partial charge in [0.05, 0.1) is 16.8 Å². The predicted octanol–water partition coefficient (Wildman–Crippen LogP) is 1.33. The van der Waals surface area contributed by atoms with Gasteiger partial charge >= 0.3 is 22.2 Å². The standard InChI is InChI=1S/C18H20N6O4.Ni/c1-9(2)8-24-15(25)10-6-5-7-11(12(10)16(24)26)20-21-13-14(19)22(3)18(28)23(4)17(13)27;/h5-7,9H,8,19H2,1-4H3;/q;+2. The van der Waals surface area contributed by atoms with E-state index in [1.54, 1.807) is 12.1 Å². The number of carbonyl (C=O) groups excluding carboxylic acids is 2. The minimum atomic E-state index is -0.708. The summed E-state index contributed by atoms with van der Waals surface area (Å²) in [5.74, 6) is -0.873. The molecule has 0 radical (unpaired) electrons. The van der Waals surface area contributed by atoms with Crippen LogP contribution in [0.4, 0.5) is 17.2 Å². The number of carbonyl (C=O) groups is 2. The smallest absolute Gasteiger partial charge is 0.383 e. The molecule has 29 heavy (non-hydrogen) atoms. The third-order valence-corrected chi connectivity index (χ3v) is 4.47. The van der Waals surface area contributed by atoms with Crippen molar-refractivity contribution < 1.29 is 26.1 Å². The molecule has 0 atom stereocenters. The molecule has 0 saturated carbocycles. The van der Waals surface area contributed by atoms with Gasteiger partial charge in [0.25, 0.3) is 17.4 Å². The Kier molecular flexibility index (Phi) is 6.22. The molecule has 11 heteroatoms. The van der Waals surface area contributed by atoms with Gasteiger partial charge in [-0.05, 0) is 18.1 Å². The molecule has 0 aliphatic carbocycles. The van der Waals surface area contributed by atoms with E-state index in [2.05, 4.69) is 10.2 Å². The van der Waals surface area contributed by atoms with Crippen LogP contribution in [0, 0.1) is 5.92 Å². The molecule has 1 aliphatic rings. The van der Waals surface area contributed by atoms with Crippen molar-refractivity contribution in [3.8, 4) is 0 Å². The molecular weight excluding hydrogens is 423 g/mol. The van der Waals surface area contributed by atoms with E-state index < -0.39 is 17.2 Å². The Balaban J connectivity index is 0.00000300. The minimum Gasteiger partial charge on any atom is -0.383 e. The molecule has 1 aromatic heterocycles. The summed E-state index contributed by atoms with van der Waals surface area (Å²) in [6.07, 6.45) is 0. The molecule has 0 fully saturated rings. The van der Waals surface area contributed by atoms with Crippen LogP contribution in [0.15, 0.2) is 38.0 Å². The van der Waals surface area contributed by atoms with Crippen molar-refractivity contribution in [1.29, 1.82) is 0 Å². The molecule has 10 nitrogen and oxygen atoms in total. The summed E-state index contributed by atoms with van der Waals surface area (Å²) >= 11 is 0. The van der Waals surface area contributed by atoms with Crippen LogP contribution in [0.1, 0.15) is 34.6 Å². The van der Waals surface area contributed by atoms with Gasteiger partial charge in [0.1, 0.15) is 5.82 Å². The van der Waals surface area contributed by atoms with Gasteiger partial charge in [0.2, 0.25) is 0 Å². The van der Waals surface area contributed by atoms with Crippen LogP contribution in [0.3, 0.4) is 0 Å². The molecule has 0 bridgehead atoms. The summed E-state index contributed by atoms with van der Waals surface area (Å²) in [5.41, 5.74) is 4.83. The normalized spacial score (nSPS) is 13.3. The molecule has 2 aromatic rings. The Bertz CT molecular complexity index is 1150. The summed E-state index contributed by atoms with van der Waals surface area (Å²) < 4.78 is 1.93. The van der Waals surface area contributed by atoms with E-state index in [0.717, 1.165) is 9.13 Å². The molecule has 0 spiro atoms. The number of amides is 2. The van der Waals surface area contributed by atoms with Gasteiger partial charge in [-0.15, -0.1) is 10.2 Å². The number of nitrogens with two attached hydrogens (primary N) is 1. The van der Waals surface area contributed by atoms with Crippen molar-refractivity contribution in [2.24, 2.45) is 30.2 Å². The molecule has 1 aromatic carbocycles. The van der Waals surface area contributed by atoms with Crippen LogP contribution in [-0.2, 0) is 30.6 Å². The zero-order chi connectivity index (χ0) is 20.7. The number of hydrogen-bond acceptors (Lipinski definition) is 7. The van der Waals surface area contributed by atoms with Crippen LogP contribution in [0.25, 0.3) is 0 Å². The number of azo groups is 1. The third kappa shape index (κ3) is 3.65. The van der Waals surface area contributed by atoms with E-state index in [0.29, 0.717) is 0 Å². The van der Waals surface area contributed by atoms with Crippen LogP contribution in [0.5, 0.6) is 0 Å². The van der Waals surface area contributed by atoms with Gasteiger partial charge in [-0.3, -0.25) is 28.4 Å². The summed E-state index contributed by atoms with van der Waals surface area (Å²) in [7, 11) is 2.71. The van der Waals surface area contributed by atoms with Crippen LogP contribution < -0.4 is 17.0 Å². The van der Waals surface area contributed by atoms with Crippen LogP contribution in [0.2, 0.25) is 0 Å². The molecule has 0 saturated heterocycles. The number of hydrogen-bond donors (Lipinski definition) is 1. The SMILES string of the molecule is CC(C)CN1C(=O)c2cccc(N=Nc3c(N)n(C)c(=O)n(C)c3=O)c2C1=O.[Ni+2]. The van der Waals surface area contributed by atoms with Gasteiger partial charge < -0.3 is 5.73 Å². The topological polar surface area (TPSA) is 132 Å². The third-order valence-electron chi connectivity index (χ3n) is 4.47. The van der Waals surface area contributed by atoms with E-state index >= 15 is 0 Å². The van der Waals surface area contributed by atoms with Crippen molar-refractivity contribution in [2.45, 2.75) is 13.8 Å². The van der Waals surface area contributed by atoms with Crippen molar-refractivity contribution in [3.05, 3.63) is 50.2 Å². The fraction of sp³-hybridized carbons (Fsp3) is 0.333. The number of imide groups is 1. The number of rotatable bonds is 4. The first-order chi connectivity index (χ1) is 13.1. The van der Waals surface area contributed by atoms with Crippen LogP contribution >= 0.6 is 0 Å². The number of aromatic nitrogens is 2. The monoisotopic (exact) mass is 442 g/mol. The molecule has 1 aliphatic heterocycles. The van der Waals surface area contributed by atoms with Gasteiger partial charge in [0.15, 0.2) is 5.69 Å². The van der Waals surface area contributed by atoms with Gasteiger partial charge in [-0.25, -0.2) is 4.79 Å². The average molecular weight is 443 g/mol. The van der Waals surface area contributed by atoms with E-state index in [4.69, 9.17) is 5.73 Å². The Hall–Kier alpha value is -3.07. The summed E-state index contributed by atoms with van der Waals surface area (Å²) in [4.78, 5) is 50.6. The number of fused-ring (bicyclic) bond motifs is 1. The summed E-state index contributed by atoms with van der Waals surface area (Å²) in [6, 6.07) is 4.66. The Labute approximate surface area is 176 Å². The largest absolute Gasteiger partial charge is 2.00 e. The number of benzene rings is 1. The Morgan fingerprint density at radius 2 is 1.66 bits per heavy atom. The maximum absolute atomic E-state index is 12.7. The number of anilines is 1. The van der Waals surface area contributed by atoms with E-state index in [1.165, 1.54) is 25.1 Å². The van der Waals surface area contributed by atoms with Gasteiger partial charge in [-0.1, -0.05) is 19.9 Å². The minimum absolute atomic E-state index is 0. The predicted molar refractivity (Wildman–Crippen MR) is 102 cm³/mol. The zero-order valence-corrected chi connectivity index (χ0v) is 17.3. The molecule has 0 unspecified atom stereocenters. The first-order valence-corrected chi connectivity index (χ1v) is 8.61. The zero-order valence-electron chi connectivity index (χ0n) is 16.3. The second-order valence-electron chi connectivity index (χ2n) is 6.95. The van der Waals surface area contributed by atoms with Crippen molar-refractivity contribution >= 4 is 29.0 Å². The van der Waals surface area contributed by atoms with Gasteiger partial charge in [0, 0.05) is 20.6 Å². The number of nitrogens with zero attached hydrogens (tertiary/aromatic N) is 5.